The number of aromatic nitrogens is 2. The molecule has 5 heteroatoms. The molecule has 1 aromatic carbocycles. The molecular formula is C15H14N2O3. The first-order valence-electron chi connectivity index (χ1n) is 6.49. The third-order valence-electron chi connectivity index (χ3n) is 3.22. The van der Waals surface area contributed by atoms with E-state index in [4.69, 9.17) is 4.42 Å². The van der Waals surface area contributed by atoms with Gasteiger partial charge in [-0.25, -0.2) is 4.79 Å². The number of hydrogen-bond acceptors (Lipinski definition) is 4. The minimum Gasteiger partial charge on any atom is -0.477 e. The largest absolute Gasteiger partial charge is 0.477 e. The summed E-state index contributed by atoms with van der Waals surface area (Å²) in [6.45, 7) is 1.98. The highest BCUT2D eigenvalue weighted by Crippen LogP contribution is 2.39. The first kappa shape index (κ1) is 12.6. The van der Waals surface area contributed by atoms with Crippen molar-refractivity contribution >= 4 is 17.6 Å². The number of rotatable bonds is 4. The molecule has 1 aromatic heterocycles. The number of aliphatic carboxylic acids is 1. The molecule has 0 bridgehead atoms. The Morgan fingerprint density at radius 1 is 1.30 bits per heavy atom. The molecule has 1 aliphatic rings. The lowest BCUT2D eigenvalue weighted by Crippen LogP contribution is -2.00. The molecule has 0 aliphatic heterocycles. The fourth-order valence-corrected chi connectivity index (χ4v) is 1.88. The van der Waals surface area contributed by atoms with Crippen LogP contribution in [0.5, 0.6) is 0 Å². The van der Waals surface area contributed by atoms with Crippen molar-refractivity contribution in [2.75, 3.05) is 0 Å². The van der Waals surface area contributed by atoms with Gasteiger partial charge in [-0.15, -0.1) is 10.2 Å². The second-order valence-electron chi connectivity index (χ2n) is 4.99. The maximum absolute atomic E-state index is 11.4. The SMILES string of the molecule is Cc1ccc(/C=C(\C(=O)O)c2nnc(C3CC3)o2)cc1. The number of aryl methyl sites for hydroxylation is 1. The van der Waals surface area contributed by atoms with E-state index in [0.29, 0.717) is 11.8 Å². The Kier molecular flexibility index (Phi) is 3.10. The topological polar surface area (TPSA) is 76.2 Å². The Morgan fingerprint density at radius 2 is 2.00 bits per heavy atom. The van der Waals surface area contributed by atoms with E-state index in [9.17, 15) is 9.90 Å². The predicted octanol–water partition coefficient (Wildman–Crippen LogP) is 2.88. The molecule has 1 heterocycles. The molecule has 0 radical (unpaired) electrons. The molecule has 1 N–H and O–H groups in total. The third kappa shape index (κ3) is 2.61. The predicted molar refractivity (Wildman–Crippen MR) is 73.0 cm³/mol. The van der Waals surface area contributed by atoms with Crippen molar-refractivity contribution < 1.29 is 14.3 Å². The maximum Gasteiger partial charge on any atom is 0.341 e. The van der Waals surface area contributed by atoms with Gasteiger partial charge < -0.3 is 9.52 Å². The summed E-state index contributed by atoms with van der Waals surface area (Å²) in [5.74, 6) is -0.154. The van der Waals surface area contributed by atoms with E-state index >= 15 is 0 Å². The van der Waals surface area contributed by atoms with Gasteiger partial charge in [-0.05, 0) is 31.4 Å². The highest BCUT2D eigenvalue weighted by Gasteiger charge is 2.30. The van der Waals surface area contributed by atoms with Crippen LogP contribution in [-0.2, 0) is 4.79 Å². The van der Waals surface area contributed by atoms with E-state index in [2.05, 4.69) is 10.2 Å². The summed E-state index contributed by atoms with van der Waals surface area (Å²) in [7, 11) is 0. The van der Waals surface area contributed by atoms with Crippen LogP contribution in [0.4, 0.5) is 0 Å². The third-order valence-corrected chi connectivity index (χ3v) is 3.22. The number of benzene rings is 1. The number of carboxylic acids is 1. The fourth-order valence-electron chi connectivity index (χ4n) is 1.88. The van der Waals surface area contributed by atoms with E-state index in [0.717, 1.165) is 24.0 Å². The Hall–Kier alpha value is -2.43. The van der Waals surface area contributed by atoms with Crippen LogP contribution in [0.2, 0.25) is 0 Å². The molecule has 1 aliphatic carbocycles. The zero-order chi connectivity index (χ0) is 14.1. The van der Waals surface area contributed by atoms with Gasteiger partial charge in [0.15, 0.2) is 0 Å². The van der Waals surface area contributed by atoms with E-state index in [1.54, 1.807) is 6.08 Å². The summed E-state index contributed by atoms with van der Waals surface area (Å²) in [6.07, 6.45) is 3.61. The molecule has 20 heavy (non-hydrogen) atoms. The minimum atomic E-state index is -1.07. The van der Waals surface area contributed by atoms with Crippen LogP contribution in [0.3, 0.4) is 0 Å². The molecule has 0 saturated heterocycles. The van der Waals surface area contributed by atoms with E-state index in [1.807, 2.05) is 31.2 Å². The number of hydrogen-bond donors (Lipinski definition) is 1. The monoisotopic (exact) mass is 270 g/mol. The maximum atomic E-state index is 11.4. The lowest BCUT2D eigenvalue weighted by molar-refractivity contribution is -0.130. The van der Waals surface area contributed by atoms with Crippen LogP contribution >= 0.6 is 0 Å². The van der Waals surface area contributed by atoms with Gasteiger partial charge in [0.05, 0.1) is 0 Å². The quantitative estimate of drug-likeness (QED) is 0.864. The van der Waals surface area contributed by atoms with Crippen LogP contribution in [0.1, 0.15) is 41.7 Å². The Morgan fingerprint density at radius 3 is 2.60 bits per heavy atom. The summed E-state index contributed by atoms with van der Waals surface area (Å²) in [5.41, 5.74) is 1.93. The molecule has 2 aromatic rings. The lowest BCUT2D eigenvalue weighted by Gasteiger charge is -1.98. The summed E-state index contributed by atoms with van der Waals surface area (Å²) in [4.78, 5) is 11.4. The first-order valence-corrected chi connectivity index (χ1v) is 6.49. The highest BCUT2D eigenvalue weighted by molar-refractivity contribution is 6.19. The van der Waals surface area contributed by atoms with Gasteiger partial charge in [0, 0.05) is 5.92 Å². The number of carbonyl (C=O) groups is 1. The Bertz CT molecular complexity index is 667. The average Bonchev–Trinajstić information content (AvgIpc) is 3.16. The molecule has 3 rings (SSSR count). The van der Waals surface area contributed by atoms with Crippen molar-refractivity contribution in [1.82, 2.24) is 10.2 Å². The second kappa shape index (κ2) is 4.92. The summed E-state index contributed by atoms with van der Waals surface area (Å²) in [6, 6.07) is 7.57. The van der Waals surface area contributed by atoms with Gasteiger partial charge in [0.2, 0.25) is 5.89 Å². The van der Waals surface area contributed by atoms with E-state index in [1.165, 1.54) is 0 Å². The van der Waals surface area contributed by atoms with Gasteiger partial charge in [-0.2, -0.15) is 0 Å². The zero-order valence-corrected chi connectivity index (χ0v) is 11.0. The molecule has 5 nitrogen and oxygen atoms in total. The van der Waals surface area contributed by atoms with Crippen molar-refractivity contribution in [3.05, 3.63) is 47.2 Å². The Labute approximate surface area is 116 Å². The van der Waals surface area contributed by atoms with Crippen LogP contribution in [0.25, 0.3) is 11.6 Å². The van der Waals surface area contributed by atoms with Gasteiger partial charge >= 0.3 is 5.97 Å². The molecule has 1 fully saturated rings. The molecule has 0 atom stereocenters. The van der Waals surface area contributed by atoms with E-state index in [-0.39, 0.29) is 11.5 Å². The molecule has 102 valence electrons. The minimum absolute atomic E-state index is 0.0215. The summed E-state index contributed by atoms with van der Waals surface area (Å²) < 4.78 is 5.46. The van der Waals surface area contributed by atoms with Crippen LogP contribution in [0.15, 0.2) is 28.7 Å². The molecule has 0 amide bonds. The standard InChI is InChI=1S/C15H14N2O3/c1-9-2-4-10(5-3-9)8-12(15(18)19)14-17-16-13(20-14)11-6-7-11/h2-5,8,11H,6-7H2,1H3,(H,18,19)/b12-8-. The highest BCUT2D eigenvalue weighted by atomic mass is 16.4. The van der Waals surface area contributed by atoms with Gasteiger partial charge in [-0.1, -0.05) is 29.8 Å². The first-order chi connectivity index (χ1) is 9.63. The molecule has 1 saturated carbocycles. The fraction of sp³-hybridized carbons (Fsp3) is 0.267. The van der Waals surface area contributed by atoms with Crippen molar-refractivity contribution in [2.45, 2.75) is 25.7 Å². The summed E-state index contributed by atoms with van der Waals surface area (Å²) >= 11 is 0. The zero-order valence-electron chi connectivity index (χ0n) is 11.0. The Balaban J connectivity index is 1.94. The van der Waals surface area contributed by atoms with Crippen molar-refractivity contribution in [2.24, 2.45) is 0 Å². The second-order valence-corrected chi connectivity index (χ2v) is 4.99. The average molecular weight is 270 g/mol. The summed E-state index contributed by atoms with van der Waals surface area (Å²) in [5, 5.41) is 17.1. The number of nitrogens with zero attached hydrogens (tertiary/aromatic N) is 2. The number of carboxylic acid groups (broad SMARTS) is 1. The van der Waals surface area contributed by atoms with Gasteiger partial charge in [0.25, 0.3) is 5.89 Å². The molecular weight excluding hydrogens is 256 g/mol. The van der Waals surface area contributed by atoms with Crippen LogP contribution in [-0.4, -0.2) is 21.3 Å². The van der Waals surface area contributed by atoms with E-state index < -0.39 is 5.97 Å². The molecule has 0 spiro atoms. The normalized spacial score (nSPS) is 15.3. The smallest absolute Gasteiger partial charge is 0.341 e. The lowest BCUT2D eigenvalue weighted by atomic mass is 10.1. The van der Waals surface area contributed by atoms with Crippen molar-refractivity contribution in [1.29, 1.82) is 0 Å². The van der Waals surface area contributed by atoms with Gasteiger partial charge in [-0.3, -0.25) is 0 Å². The molecule has 0 unspecified atom stereocenters. The van der Waals surface area contributed by atoms with Gasteiger partial charge in [0.1, 0.15) is 5.57 Å². The van der Waals surface area contributed by atoms with Crippen molar-refractivity contribution in [3.8, 4) is 0 Å². The van der Waals surface area contributed by atoms with Crippen molar-refractivity contribution in [3.63, 3.8) is 0 Å². The van der Waals surface area contributed by atoms with Crippen LogP contribution < -0.4 is 0 Å². The van der Waals surface area contributed by atoms with Crippen LogP contribution in [0, 0.1) is 6.92 Å².